The molecule has 1 aliphatic rings. The summed E-state index contributed by atoms with van der Waals surface area (Å²) in [5.41, 5.74) is 2.51. The van der Waals surface area contributed by atoms with Crippen LogP contribution in [0.4, 0.5) is 10.5 Å². The van der Waals surface area contributed by atoms with Gasteiger partial charge in [0.15, 0.2) is 5.79 Å². The van der Waals surface area contributed by atoms with Crippen LogP contribution in [0.3, 0.4) is 0 Å². The highest BCUT2D eigenvalue weighted by atomic mass is 35.5. The molecule has 1 N–H and O–H groups in total. The van der Waals surface area contributed by atoms with Gasteiger partial charge < -0.3 is 14.2 Å². The lowest BCUT2D eigenvalue weighted by Gasteiger charge is -2.35. The van der Waals surface area contributed by atoms with Crippen molar-refractivity contribution in [2.75, 3.05) is 18.5 Å². The normalized spacial score (nSPS) is 16.9. The van der Waals surface area contributed by atoms with Gasteiger partial charge in [0.25, 0.3) is 0 Å². The van der Waals surface area contributed by atoms with E-state index in [4.69, 9.17) is 25.8 Å². The van der Waals surface area contributed by atoms with Gasteiger partial charge in [-0.1, -0.05) is 29.8 Å². The maximum atomic E-state index is 12.1. The summed E-state index contributed by atoms with van der Waals surface area (Å²) in [6.07, 6.45) is -0.570. The molecule has 1 fully saturated rings. The monoisotopic (exact) mass is 375 g/mol. The SMILES string of the molecule is Cc1c(Cl)cc(NC(=O)Oc2ccccc2)cc1C1COC(C)(C)OC1. The molecule has 3 rings (SSSR count). The third-order valence-electron chi connectivity index (χ3n) is 4.29. The molecule has 0 atom stereocenters. The Labute approximate surface area is 158 Å². The summed E-state index contributed by atoms with van der Waals surface area (Å²) in [7, 11) is 0. The molecule has 138 valence electrons. The molecule has 0 spiro atoms. The van der Waals surface area contributed by atoms with Gasteiger partial charge >= 0.3 is 6.09 Å². The van der Waals surface area contributed by atoms with E-state index in [1.165, 1.54) is 0 Å². The van der Waals surface area contributed by atoms with Crippen molar-refractivity contribution in [3.63, 3.8) is 0 Å². The summed E-state index contributed by atoms with van der Waals surface area (Å²) in [6, 6.07) is 12.5. The number of halogens is 1. The maximum Gasteiger partial charge on any atom is 0.417 e. The molecule has 0 unspecified atom stereocenters. The number of ether oxygens (including phenoxy) is 3. The Morgan fingerprint density at radius 3 is 2.50 bits per heavy atom. The molecule has 0 saturated carbocycles. The van der Waals surface area contributed by atoms with Gasteiger partial charge in [0.1, 0.15) is 5.75 Å². The van der Waals surface area contributed by atoms with Crippen LogP contribution in [0.25, 0.3) is 0 Å². The molecule has 0 aromatic heterocycles. The highest BCUT2D eigenvalue weighted by Crippen LogP contribution is 2.34. The van der Waals surface area contributed by atoms with Gasteiger partial charge in [0.05, 0.1) is 13.2 Å². The number of amides is 1. The fourth-order valence-corrected chi connectivity index (χ4v) is 3.03. The molecule has 1 heterocycles. The van der Waals surface area contributed by atoms with Crippen molar-refractivity contribution in [1.82, 2.24) is 0 Å². The first-order valence-corrected chi connectivity index (χ1v) is 8.84. The largest absolute Gasteiger partial charge is 0.417 e. The zero-order valence-corrected chi connectivity index (χ0v) is 15.8. The number of hydrogen-bond acceptors (Lipinski definition) is 4. The van der Waals surface area contributed by atoms with Crippen LogP contribution in [0.5, 0.6) is 5.75 Å². The van der Waals surface area contributed by atoms with E-state index < -0.39 is 11.9 Å². The van der Waals surface area contributed by atoms with E-state index in [0.29, 0.717) is 29.7 Å². The molecule has 0 aliphatic carbocycles. The molecule has 1 aliphatic heterocycles. The summed E-state index contributed by atoms with van der Waals surface area (Å²) >= 11 is 6.36. The van der Waals surface area contributed by atoms with Crippen molar-refractivity contribution >= 4 is 23.4 Å². The summed E-state index contributed by atoms with van der Waals surface area (Å²) < 4.78 is 16.8. The average Bonchev–Trinajstić information content (AvgIpc) is 2.59. The minimum Gasteiger partial charge on any atom is -0.410 e. The van der Waals surface area contributed by atoms with Crippen molar-refractivity contribution in [3.8, 4) is 5.75 Å². The molecular formula is C20H22ClNO4. The molecule has 26 heavy (non-hydrogen) atoms. The van der Waals surface area contributed by atoms with Crippen molar-refractivity contribution in [2.24, 2.45) is 0 Å². The summed E-state index contributed by atoms with van der Waals surface area (Å²) in [5.74, 6) is -0.0593. The second kappa shape index (κ2) is 7.66. The fraction of sp³-hybridized carbons (Fsp3) is 0.350. The molecule has 2 aromatic rings. The minimum atomic E-state index is -0.580. The van der Waals surface area contributed by atoms with Crippen LogP contribution in [0.15, 0.2) is 42.5 Å². The van der Waals surface area contributed by atoms with Crippen molar-refractivity contribution in [1.29, 1.82) is 0 Å². The average molecular weight is 376 g/mol. The number of hydrogen-bond donors (Lipinski definition) is 1. The molecule has 6 heteroatoms. The van der Waals surface area contributed by atoms with Gasteiger partial charge in [-0.05, 0) is 56.2 Å². The number of carbonyl (C=O) groups is 1. The molecule has 5 nitrogen and oxygen atoms in total. The van der Waals surface area contributed by atoms with Crippen molar-refractivity contribution < 1.29 is 19.0 Å². The van der Waals surface area contributed by atoms with Crippen LogP contribution in [0.2, 0.25) is 5.02 Å². The van der Waals surface area contributed by atoms with Crippen LogP contribution >= 0.6 is 11.6 Å². The molecule has 1 amide bonds. The first-order chi connectivity index (χ1) is 12.3. The molecule has 1 saturated heterocycles. The maximum absolute atomic E-state index is 12.1. The van der Waals surface area contributed by atoms with E-state index in [1.807, 2.05) is 32.9 Å². The predicted molar refractivity (Wildman–Crippen MR) is 101 cm³/mol. The third-order valence-corrected chi connectivity index (χ3v) is 4.68. The Balaban J connectivity index is 1.74. The smallest absolute Gasteiger partial charge is 0.410 e. The Bertz CT molecular complexity index is 782. The van der Waals surface area contributed by atoms with Crippen LogP contribution in [0, 0.1) is 6.92 Å². The van der Waals surface area contributed by atoms with E-state index in [9.17, 15) is 4.79 Å². The van der Waals surface area contributed by atoms with E-state index in [1.54, 1.807) is 30.3 Å². The van der Waals surface area contributed by atoms with E-state index in [2.05, 4.69) is 5.32 Å². The Hall–Kier alpha value is -2.08. The van der Waals surface area contributed by atoms with Gasteiger partial charge in [-0.3, -0.25) is 5.32 Å². The number of para-hydroxylation sites is 1. The first-order valence-electron chi connectivity index (χ1n) is 8.46. The van der Waals surface area contributed by atoms with Crippen molar-refractivity contribution in [3.05, 3.63) is 58.6 Å². The Kier molecular flexibility index (Phi) is 5.51. The second-order valence-corrected chi connectivity index (χ2v) is 7.13. The van der Waals surface area contributed by atoms with Crippen LogP contribution in [-0.4, -0.2) is 25.1 Å². The third kappa shape index (κ3) is 4.55. The lowest BCUT2D eigenvalue weighted by molar-refractivity contribution is -0.251. The lowest BCUT2D eigenvalue weighted by Crippen LogP contribution is -2.38. The molecular weight excluding hydrogens is 354 g/mol. The summed E-state index contributed by atoms with van der Waals surface area (Å²) in [6.45, 7) is 6.79. The van der Waals surface area contributed by atoms with Gasteiger partial charge in [-0.15, -0.1) is 0 Å². The quantitative estimate of drug-likeness (QED) is 0.808. The lowest BCUT2D eigenvalue weighted by atomic mass is 9.94. The van der Waals surface area contributed by atoms with E-state index >= 15 is 0 Å². The van der Waals surface area contributed by atoms with E-state index in [-0.39, 0.29) is 5.92 Å². The zero-order valence-electron chi connectivity index (χ0n) is 15.0. The number of carbonyl (C=O) groups excluding carboxylic acids is 1. The number of nitrogens with one attached hydrogen (secondary N) is 1. The number of anilines is 1. The van der Waals surface area contributed by atoms with Crippen LogP contribution in [-0.2, 0) is 9.47 Å². The first kappa shape index (κ1) is 18.7. The van der Waals surface area contributed by atoms with Gasteiger partial charge in [-0.25, -0.2) is 4.79 Å². The highest BCUT2D eigenvalue weighted by Gasteiger charge is 2.30. The van der Waals surface area contributed by atoms with Crippen molar-refractivity contribution in [2.45, 2.75) is 32.5 Å². The summed E-state index contributed by atoms with van der Waals surface area (Å²) in [4.78, 5) is 12.1. The zero-order chi connectivity index (χ0) is 18.7. The highest BCUT2D eigenvalue weighted by molar-refractivity contribution is 6.31. The summed E-state index contributed by atoms with van der Waals surface area (Å²) in [5, 5.41) is 3.30. The molecule has 2 aromatic carbocycles. The molecule has 0 bridgehead atoms. The Morgan fingerprint density at radius 1 is 1.19 bits per heavy atom. The fourth-order valence-electron chi connectivity index (χ4n) is 2.81. The van der Waals surface area contributed by atoms with Crippen LogP contribution < -0.4 is 10.1 Å². The second-order valence-electron chi connectivity index (χ2n) is 6.72. The van der Waals surface area contributed by atoms with Crippen LogP contribution in [0.1, 0.15) is 30.9 Å². The predicted octanol–water partition coefficient (Wildman–Crippen LogP) is 5.13. The number of rotatable bonds is 3. The minimum absolute atomic E-state index is 0.0485. The standard InChI is InChI=1S/C20H22ClNO4/c1-13-17(14-11-24-20(2,3)25-12-14)9-15(10-18(13)21)22-19(23)26-16-7-5-4-6-8-16/h4-10,14H,11-12H2,1-3H3,(H,22,23). The topological polar surface area (TPSA) is 56.8 Å². The van der Waals surface area contributed by atoms with Gasteiger partial charge in [0.2, 0.25) is 0 Å². The molecule has 0 radical (unpaired) electrons. The van der Waals surface area contributed by atoms with Gasteiger partial charge in [-0.2, -0.15) is 0 Å². The van der Waals surface area contributed by atoms with Gasteiger partial charge in [0, 0.05) is 16.6 Å². The van der Waals surface area contributed by atoms with E-state index in [0.717, 1.165) is 11.1 Å². The number of benzene rings is 2. The Morgan fingerprint density at radius 2 is 1.85 bits per heavy atom.